The number of allylic oxidation sites excluding steroid dienone is 2. The number of imide groups is 1. The van der Waals surface area contributed by atoms with E-state index in [1.54, 1.807) is 19.9 Å². The van der Waals surface area contributed by atoms with Gasteiger partial charge in [-0.1, -0.05) is 120 Å². The van der Waals surface area contributed by atoms with Crippen LogP contribution < -0.4 is 4.90 Å². The van der Waals surface area contributed by atoms with E-state index in [1.165, 1.54) is 6.07 Å². The van der Waals surface area contributed by atoms with Crippen LogP contribution >= 0.6 is 0 Å². The Kier molecular flexibility index (Phi) is 6.91. The highest BCUT2D eigenvalue weighted by atomic mass is 16.6. The summed E-state index contributed by atoms with van der Waals surface area (Å²) in [6.07, 6.45) is 0. The number of benzene rings is 5. The number of hydrogen-bond acceptors (Lipinski definition) is 5. The number of Topliss-reactive ketones (excluding diaryl/α,β-unsaturated/α-hetero) is 1. The van der Waals surface area contributed by atoms with Crippen molar-refractivity contribution in [1.82, 2.24) is 0 Å². The van der Waals surface area contributed by atoms with E-state index in [0.29, 0.717) is 33.4 Å². The van der Waals surface area contributed by atoms with E-state index in [1.807, 2.05) is 123 Å². The Hall–Kier alpha value is -5.95. The van der Waals surface area contributed by atoms with E-state index in [9.17, 15) is 10.1 Å². The number of anilines is 1. The van der Waals surface area contributed by atoms with Gasteiger partial charge in [0.05, 0.1) is 27.6 Å². The van der Waals surface area contributed by atoms with Crippen LogP contribution in [0.2, 0.25) is 0 Å². The molecule has 2 fully saturated rings. The highest BCUT2D eigenvalue weighted by molar-refractivity contribution is 6.39. The fourth-order valence-electron chi connectivity index (χ4n) is 8.91. The van der Waals surface area contributed by atoms with Crippen molar-refractivity contribution in [3.05, 3.63) is 176 Å². The van der Waals surface area contributed by atoms with Gasteiger partial charge in [-0.15, -0.1) is 0 Å². The maximum absolute atomic E-state index is 16.1. The van der Waals surface area contributed by atoms with E-state index in [4.69, 9.17) is 0 Å². The molecular weight excluding hydrogens is 624 g/mol. The molecule has 5 aromatic rings. The van der Waals surface area contributed by atoms with Crippen molar-refractivity contribution in [2.24, 2.45) is 11.8 Å². The van der Waals surface area contributed by atoms with E-state index in [0.717, 1.165) is 27.2 Å². The minimum absolute atomic E-state index is 0.0745. The third-order valence-corrected chi connectivity index (χ3v) is 11.2. The SMILES string of the molecule is Cc1ccc(C2=C(c3ccc(C)cc3)[C@@]3(c4ccccc4)C(=O)[C@@]2(c2ccccc2)[C@H]2C(=O)N(c4cc(C)c(C)cc4[N+](=O)[O-])C(=O)[C@@H]23)cc1. The first-order chi connectivity index (χ1) is 24.0. The van der Waals surface area contributed by atoms with Crippen LogP contribution in [0.1, 0.15) is 44.5 Å². The minimum Gasteiger partial charge on any atom is -0.297 e. The molecule has 7 heteroatoms. The summed E-state index contributed by atoms with van der Waals surface area (Å²) >= 11 is 0. The molecule has 2 bridgehead atoms. The number of amides is 2. The second-order valence-corrected chi connectivity index (χ2v) is 13.8. The van der Waals surface area contributed by atoms with Gasteiger partial charge in [0.1, 0.15) is 5.69 Å². The maximum atomic E-state index is 16.1. The number of rotatable bonds is 6. The molecule has 2 amide bonds. The van der Waals surface area contributed by atoms with Crippen molar-refractivity contribution in [3.63, 3.8) is 0 Å². The lowest BCUT2D eigenvalue weighted by Crippen LogP contribution is -2.45. The van der Waals surface area contributed by atoms with Gasteiger partial charge in [0.15, 0.2) is 5.78 Å². The van der Waals surface area contributed by atoms with Crippen LogP contribution in [0, 0.1) is 49.6 Å². The third-order valence-electron chi connectivity index (χ3n) is 11.2. The van der Waals surface area contributed by atoms with Crippen LogP contribution in [0.4, 0.5) is 11.4 Å². The Morgan fingerprint density at radius 3 is 1.38 bits per heavy atom. The molecule has 1 saturated heterocycles. The number of nitro benzene ring substituents is 1. The van der Waals surface area contributed by atoms with Gasteiger partial charge in [0.25, 0.3) is 5.69 Å². The molecule has 5 aromatic carbocycles. The zero-order chi connectivity index (χ0) is 35.1. The van der Waals surface area contributed by atoms with E-state index < -0.39 is 39.4 Å². The lowest BCUT2D eigenvalue weighted by Gasteiger charge is -2.39. The van der Waals surface area contributed by atoms with Gasteiger partial charge in [-0.3, -0.25) is 24.5 Å². The molecular formula is C43H34N2O5. The highest BCUT2D eigenvalue weighted by Gasteiger charge is 2.83. The summed E-state index contributed by atoms with van der Waals surface area (Å²) in [5.74, 6) is -3.81. The van der Waals surface area contributed by atoms with Crippen LogP contribution in [-0.2, 0) is 25.2 Å². The lowest BCUT2D eigenvalue weighted by atomic mass is 9.59. The Balaban J connectivity index is 1.55. The average Bonchev–Trinajstić information content (AvgIpc) is 3.62. The van der Waals surface area contributed by atoms with Gasteiger partial charge >= 0.3 is 0 Å². The summed E-state index contributed by atoms with van der Waals surface area (Å²) < 4.78 is 0. The number of fused-ring (bicyclic) bond motifs is 5. The molecule has 0 radical (unpaired) electrons. The summed E-state index contributed by atoms with van der Waals surface area (Å²) in [6, 6.07) is 37.4. The van der Waals surface area contributed by atoms with Gasteiger partial charge in [0.2, 0.25) is 11.8 Å². The van der Waals surface area contributed by atoms with E-state index in [-0.39, 0.29) is 17.2 Å². The fraction of sp³-hybridized carbons (Fsp3) is 0.186. The fourth-order valence-corrected chi connectivity index (χ4v) is 8.91. The first-order valence-electron chi connectivity index (χ1n) is 16.7. The molecule has 1 heterocycles. The molecule has 8 rings (SSSR count). The molecule has 0 N–H and O–H groups in total. The van der Waals surface area contributed by atoms with Crippen LogP contribution in [0.15, 0.2) is 121 Å². The molecule has 50 heavy (non-hydrogen) atoms. The van der Waals surface area contributed by atoms with Crippen molar-refractivity contribution in [1.29, 1.82) is 0 Å². The molecule has 1 saturated carbocycles. The van der Waals surface area contributed by atoms with Crippen molar-refractivity contribution >= 4 is 40.1 Å². The zero-order valence-electron chi connectivity index (χ0n) is 28.1. The minimum atomic E-state index is -1.59. The summed E-state index contributed by atoms with van der Waals surface area (Å²) in [5.41, 5.74) is 3.97. The van der Waals surface area contributed by atoms with Gasteiger partial charge < -0.3 is 0 Å². The average molecular weight is 659 g/mol. The molecule has 2 aliphatic carbocycles. The smallest absolute Gasteiger partial charge is 0.293 e. The lowest BCUT2D eigenvalue weighted by molar-refractivity contribution is -0.384. The van der Waals surface area contributed by atoms with Crippen molar-refractivity contribution in [2.45, 2.75) is 38.5 Å². The van der Waals surface area contributed by atoms with E-state index >= 15 is 14.4 Å². The largest absolute Gasteiger partial charge is 0.297 e. The number of carbonyl (C=O) groups is 3. The number of ketones is 1. The number of hydrogen-bond donors (Lipinski definition) is 0. The quantitative estimate of drug-likeness (QED) is 0.105. The highest BCUT2D eigenvalue weighted by Crippen LogP contribution is 2.74. The Morgan fingerprint density at radius 2 is 0.980 bits per heavy atom. The molecule has 246 valence electrons. The van der Waals surface area contributed by atoms with Gasteiger partial charge in [-0.2, -0.15) is 0 Å². The van der Waals surface area contributed by atoms with Gasteiger partial charge in [-0.25, -0.2) is 4.90 Å². The van der Waals surface area contributed by atoms with Crippen LogP contribution in [-0.4, -0.2) is 22.5 Å². The number of nitro groups is 1. The van der Waals surface area contributed by atoms with Crippen LogP contribution in [0.3, 0.4) is 0 Å². The van der Waals surface area contributed by atoms with Gasteiger partial charge in [-0.05, 0) is 78.3 Å². The van der Waals surface area contributed by atoms with Crippen molar-refractivity contribution in [3.8, 4) is 0 Å². The second kappa shape index (κ2) is 11.0. The van der Waals surface area contributed by atoms with Gasteiger partial charge in [0, 0.05) is 6.07 Å². The molecule has 7 nitrogen and oxygen atoms in total. The monoisotopic (exact) mass is 658 g/mol. The Bertz CT molecular complexity index is 2170. The summed E-state index contributed by atoms with van der Waals surface area (Å²) in [7, 11) is 0. The summed E-state index contributed by atoms with van der Waals surface area (Å²) in [4.78, 5) is 59.6. The number of aryl methyl sites for hydroxylation is 4. The summed E-state index contributed by atoms with van der Waals surface area (Å²) in [5, 5.41) is 12.5. The zero-order valence-corrected chi connectivity index (χ0v) is 28.1. The summed E-state index contributed by atoms with van der Waals surface area (Å²) in [6.45, 7) is 7.54. The topological polar surface area (TPSA) is 97.6 Å². The molecule has 0 spiro atoms. The molecule has 3 aliphatic rings. The van der Waals surface area contributed by atoms with Crippen molar-refractivity contribution in [2.75, 3.05) is 4.90 Å². The molecule has 1 aliphatic heterocycles. The predicted molar refractivity (Wildman–Crippen MR) is 192 cm³/mol. The standard InChI is InChI=1S/C43H34N2O5/c1-25-15-19-29(20-16-25)35-36(30-21-17-26(2)18-22-30)43(32-13-9-6-10-14-32)38-37(42(35,41(43)48)31-11-7-5-8-12-31)39(46)44(40(38)47)33-23-27(3)28(4)24-34(33)45(49)50/h5-24,37-38H,1-4H3/t37-,38-,42-,43-/m1/s1. The first kappa shape index (κ1) is 31.3. The third kappa shape index (κ3) is 3.94. The predicted octanol–water partition coefficient (Wildman–Crippen LogP) is 8.02. The Labute approximate surface area is 290 Å². The van der Waals surface area contributed by atoms with Crippen molar-refractivity contribution < 1.29 is 19.3 Å². The second-order valence-electron chi connectivity index (χ2n) is 13.8. The molecule has 4 atom stereocenters. The maximum Gasteiger partial charge on any atom is 0.293 e. The normalized spacial score (nSPS) is 23.9. The van der Waals surface area contributed by atoms with E-state index in [2.05, 4.69) is 0 Å². The first-order valence-corrected chi connectivity index (χ1v) is 16.7. The van der Waals surface area contributed by atoms with Crippen LogP contribution in [0.25, 0.3) is 11.1 Å². The Morgan fingerprint density at radius 1 is 0.580 bits per heavy atom. The molecule has 0 unspecified atom stereocenters. The number of nitrogens with zero attached hydrogens (tertiary/aromatic N) is 2. The molecule has 0 aromatic heterocycles. The van der Waals surface area contributed by atoms with Crippen LogP contribution in [0.5, 0.6) is 0 Å². The number of carbonyl (C=O) groups excluding carboxylic acids is 3.